The highest BCUT2D eigenvalue weighted by molar-refractivity contribution is 6.33. The monoisotopic (exact) mass is 389 g/mol. The minimum atomic E-state index is 0.266. The molecule has 0 saturated carbocycles. The number of fused-ring (bicyclic) bond motifs is 1. The van der Waals surface area contributed by atoms with Crippen molar-refractivity contribution in [1.29, 1.82) is 0 Å². The molecule has 4 rings (SSSR count). The number of para-hydroxylation sites is 2. The van der Waals surface area contributed by atoms with Gasteiger partial charge in [0.25, 0.3) is 0 Å². The van der Waals surface area contributed by atoms with Gasteiger partial charge in [0.1, 0.15) is 0 Å². The van der Waals surface area contributed by atoms with Crippen LogP contribution in [0.5, 0.6) is 0 Å². The number of hydrogen-bond donors (Lipinski definition) is 1. The normalized spacial score (nSPS) is 15.7. The van der Waals surface area contributed by atoms with Crippen molar-refractivity contribution in [3.05, 3.63) is 58.1 Å². The number of aromatic nitrogens is 2. The maximum atomic E-state index is 9.40. The van der Waals surface area contributed by atoms with Crippen molar-refractivity contribution in [1.82, 2.24) is 9.55 Å². The lowest BCUT2D eigenvalue weighted by atomic mass is 9.98. The summed E-state index contributed by atoms with van der Waals surface area (Å²) in [4.78, 5) is 7.20. The first-order valence-corrected chi connectivity index (χ1v) is 9.66. The van der Waals surface area contributed by atoms with Gasteiger partial charge in [0.2, 0.25) is 5.95 Å². The second-order valence-corrected chi connectivity index (χ2v) is 7.68. The summed E-state index contributed by atoms with van der Waals surface area (Å²) in [5.74, 6) is 1.35. The molecule has 0 bridgehead atoms. The number of nitrogens with zero attached hydrogens (tertiary/aromatic N) is 3. The van der Waals surface area contributed by atoms with Crippen LogP contribution in [0.1, 0.15) is 18.4 Å². The second kappa shape index (κ2) is 7.47. The molecule has 1 fully saturated rings. The molecule has 0 aliphatic carbocycles. The van der Waals surface area contributed by atoms with Gasteiger partial charge in [-0.2, -0.15) is 0 Å². The summed E-state index contributed by atoms with van der Waals surface area (Å²) in [7, 11) is 0. The topological polar surface area (TPSA) is 41.3 Å². The predicted molar refractivity (Wildman–Crippen MR) is 107 cm³/mol. The van der Waals surface area contributed by atoms with E-state index in [1.165, 1.54) is 0 Å². The minimum Gasteiger partial charge on any atom is -0.396 e. The standard InChI is InChI=1S/C20H21Cl2N3O/c21-16-5-6-17(22)15(11-16)12-25-19-4-2-1-3-18(19)23-20(25)24-9-7-14(13-26)8-10-24/h1-6,11,14,26H,7-10,12-13H2. The van der Waals surface area contributed by atoms with E-state index in [0.29, 0.717) is 22.5 Å². The lowest BCUT2D eigenvalue weighted by molar-refractivity contribution is 0.202. The maximum absolute atomic E-state index is 9.40. The van der Waals surface area contributed by atoms with Crippen molar-refractivity contribution in [3.8, 4) is 0 Å². The van der Waals surface area contributed by atoms with Gasteiger partial charge in [-0.25, -0.2) is 4.98 Å². The van der Waals surface area contributed by atoms with Crippen LogP contribution in [0.3, 0.4) is 0 Å². The fourth-order valence-electron chi connectivity index (χ4n) is 3.61. The molecule has 1 aliphatic rings. The molecular formula is C20H21Cl2N3O. The zero-order valence-electron chi connectivity index (χ0n) is 14.4. The lowest BCUT2D eigenvalue weighted by Crippen LogP contribution is -2.36. The first kappa shape index (κ1) is 17.7. The van der Waals surface area contributed by atoms with Crippen LogP contribution >= 0.6 is 23.2 Å². The van der Waals surface area contributed by atoms with E-state index in [9.17, 15) is 5.11 Å². The van der Waals surface area contributed by atoms with Crippen LogP contribution < -0.4 is 4.90 Å². The summed E-state index contributed by atoms with van der Waals surface area (Å²) >= 11 is 12.6. The van der Waals surface area contributed by atoms with Crippen molar-refractivity contribution in [2.45, 2.75) is 19.4 Å². The SMILES string of the molecule is OCC1CCN(c2nc3ccccc3n2Cc2cc(Cl)ccc2Cl)CC1. The zero-order chi connectivity index (χ0) is 18.1. The van der Waals surface area contributed by atoms with Gasteiger partial charge in [0.05, 0.1) is 17.6 Å². The number of aliphatic hydroxyl groups excluding tert-OH is 1. The Morgan fingerprint density at radius 1 is 1.08 bits per heavy atom. The number of rotatable bonds is 4. The van der Waals surface area contributed by atoms with Crippen molar-refractivity contribution >= 4 is 40.2 Å². The number of hydrogen-bond acceptors (Lipinski definition) is 3. The maximum Gasteiger partial charge on any atom is 0.206 e. The minimum absolute atomic E-state index is 0.266. The number of halogens is 2. The van der Waals surface area contributed by atoms with E-state index in [1.807, 2.05) is 30.3 Å². The van der Waals surface area contributed by atoms with Crippen molar-refractivity contribution < 1.29 is 5.11 Å². The summed E-state index contributed by atoms with van der Waals surface area (Å²) in [6.45, 7) is 2.69. The summed E-state index contributed by atoms with van der Waals surface area (Å²) in [6.07, 6.45) is 1.97. The van der Waals surface area contributed by atoms with Gasteiger partial charge in [-0.05, 0) is 54.7 Å². The molecule has 2 heterocycles. The number of benzene rings is 2. The van der Waals surface area contributed by atoms with Crippen LogP contribution in [0.2, 0.25) is 10.0 Å². The van der Waals surface area contributed by atoms with Crippen LogP contribution in [0.15, 0.2) is 42.5 Å². The van der Waals surface area contributed by atoms with E-state index < -0.39 is 0 Å². The molecular weight excluding hydrogens is 369 g/mol. The third-order valence-corrected chi connectivity index (χ3v) is 5.73. The van der Waals surface area contributed by atoms with E-state index in [0.717, 1.165) is 48.5 Å². The Bertz CT molecular complexity index is 917. The Kier molecular flexibility index (Phi) is 5.07. The second-order valence-electron chi connectivity index (χ2n) is 6.84. The molecule has 1 N–H and O–H groups in total. The fraction of sp³-hybridized carbons (Fsp3) is 0.350. The van der Waals surface area contributed by atoms with Gasteiger partial charge in [0.15, 0.2) is 0 Å². The van der Waals surface area contributed by atoms with E-state index in [2.05, 4.69) is 15.5 Å². The van der Waals surface area contributed by atoms with Gasteiger partial charge >= 0.3 is 0 Å². The lowest BCUT2D eigenvalue weighted by Gasteiger charge is -2.32. The van der Waals surface area contributed by atoms with Crippen LogP contribution in [0, 0.1) is 5.92 Å². The van der Waals surface area contributed by atoms with E-state index >= 15 is 0 Å². The molecule has 0 amide bonds. The Morgan fingerprint density at radius 3 is 2.62 bits per heavy atom. The largest absolute Gasteiger partial charge is 0.396 e. The number of piperidine rings is 1. The summed E-state index contributed by atoms with van der Waals surface area (Å²) in [6, 6.07) is 13.7. The van der Waals surface area contributed by atoms with Crippen LogP contribution in [0.4, 0.5) is 5.95 Å². The molecule has 1 saturated heterocycles. The molecule has 6 heteroatoms. The Labute approximate surface area is 163 Å². The quantitative estimate of drug-likeness (QED) is 0.708. The number of aliphatic hydroxyl groups is 1. The molecule has 1 aliphatic heterocycles. The first-order valence-electron chi connectivity index (χ1n) is 8.90. The third kappa shape index (κ3) is 3.41. The Balaban J connectivity index is 1.74. The fourth-order valence-corrected chi connectivity index (χ4v) is 3.98. The molecule has 4 nitrogen and oxygen atoms in total. The van der Waals surface area contributed by atoms with Crippen LogP contribution in [-0.4, -0.2) is 34.4 Å². The molecule has 2 aromatic carbocycles. The van der Waals surface area contributed by atoms with Crippen molar-refractivity contribution in [2.75, 3.05) is 24.6 Å². The molecule has 26 heavy (non-hydrogen) atoms. The average Bonchev–Trinajstić information content (AvgIpc) is 3.03. The molecule has 3 aromatic rings. The third-order valence-electron chi connectivity index (χ3n) is 5.13. The van der Waals surface area contributed by atoms with Gasteiger partial charge in [0, 0.05) is 29.7 Å². The highest BCUT2D eigenvalue weighted by Gasteiger charge is 2.23. The molecule has 0 spiro atoms. The molecule has 136 valence electrons. The predicted octanol–water partition coefficient (Wildman–Crippen LogP) is 4.60. The van der Waals surface area contributed by atoms with Gasteiger partial charge in [-0.3, -0.25) is 0 Å². The first-order chi connectivity index (χ1) is 12.7. The Morgan fingerprint density at radius 2 is 1.85 bits per heavy atom. The number of anilines is 1. The Hall–Kier alpha value is -1.75. The van der Waals surface area contributed by atoms with E-state index in [-0.39, 0.29) is 6.61 Å². The molecule has 0 radical (unpaired) electrons. The van der Waals surface area contributed by atoms with Gasteiger partial charge in [-0.1, -0.05) is 35.3 Å². The van der Waals surface area contributed by atoms with Crippen molar-refractivity contribution in [2.24, 2.45) is 5.92 Å². The summed E-state index contributed by atoms with van der Waals surface area (Å²) < 4.78 is 2.21. The highest BCUT2D eigenvalue weighted by Crippen LogP contribution is 2.29. The molecule has 1 aromatic heterocycles. The zero-order valence-corrected chi connectivity index (χ0v) is 15.9. The van der Waals surface area contributed by atoms with Crippen molar-refractivity contribution in [3.63, 3.8) is 0 Å². The van der Waals surface area contributed by atoms with E-state index in [1.54, 1.807) is 6.07 Å². The average molecular weight is 390 g/mol. The highest BCUT2D eigenvalue weighted by atomic mass is 35.5. The smallest absolute Gasteiger partial charge is 0.206 e. The van der Waals surface area contributed by atoms with Gasteiger partial charge < -0.3 is 14.6 Å². The van der Waals surface area contributed by atoms with Gasteiger partial charge in [-0.15, -0.1) is 0 Å². The van der Waals surface area contributed by atoms with E-state index in [4.69, 9.17) is 28.2 Å². The molecule has 0 atom stereocenters. The molecule has 0 unspecified atom stereocenters. The number of imidazole rings is 1. The van der Waals surface area contributed by atoms with Crippen LogP contribution in [0.25, 0.3) is 11.0 Å². The summed E-state index contributed by atoms with van der Waals surface area (Å²) in [5, 5.41) is 10.8. The summed E-state index contributed by atoms with van der Waals surface area (Å²) in [5.41, 5.74) is 3.04. The van der Waals surface area contributed by atoms with Crippen LogP contribution in [-0.2, 0) is 6.54 Å².